The molecule has 0 saturated carbocycles. The summed E-state index contributed by atoms with van der Waals surface area (Å²) in [7, 11) is -3.25. The molecule has 3 aromatic rings. The molecule has 0 radical (unpaired) electrons. The predicted octanol–water partition coefficient (Wildman–Crippen LogP) is 4.14. The smallest absolute Gasteiger partial charge is 0.214 e. The van der Waals surface area contributed by atoms with Crippen molar-refractivity contribution in [3.8, 4) is 0 Å². The van der Waals surface area contributed by atoms with Gasteiger partial charge in [0.2, 0.25) is 10.0 Å². The van der Waals surface area contributed by atoms with Gasteiger partial charge in [-0.25, -0.2) is 8.42 Å². The number of aromatic nitrogens is 1. The Balaban J connectivity index is 1.50. The summed E-state index contributed by atoms with van der Waals surface area (Å²) in [5.74, 6) is 0.159. The van der Waals surface area contributed by atoms with Gasteiger partial charge in [0.1, 0.15) is 0 Å². The van der Waals surface area contributed by atoms with Crippen LogP contribution in [0.4, 0.5) is 0 Å². The normalized spacial score (nSPS) is 15.8. The summed E-state index contributed by atoms with van der Waals surface area (Å²) in [6.45, 7) is 3.08. The second kappa shape index (κ2) is 7.33. The molecule has 0 amide bonds. The first kappa shape index (κ1) is 18.0. The zero-order valence-corrected chi connectivity index (χ0v) is 16.3. The van der Waals surface area contributed by atoms with Gasteiger partial charge in [-0.3, -0.25) is 0 Å². The molecule has 140 valence electrons. The maximum Gasteiger partial charge on any atom is 0.214 e. The summed E-state index contributed by atoms with van der Waals surface area (Å²) in [6, 6.07) is 18.1. The molecule has 2 aromatic carbocycles. The van der Waals surface area contributed by atoms with Gasteiger partial charge >= 0.3 is 0 Å². The Labute approximate surface area is 160 Å². The topological polar surface area (TPSA) is 53.2 Å². The second-order valence-corrected chi connectivity index (χ2v) is 9.15. The van der Waals surface area contributed by atoms with Crippen LogP contribution in [0.3, 0.4) is 0 Å². The number of rotatable bonds is 5. The number of hydrogen-bond donors (Lipinski definition) is 1. The number of sulfonamides is 1. The quantitative estimate of drug-likeness (QED) is 0.723. The summed E-state index contributed by atoms with van der Waals surface area (Å²) < 4.78 is 27.1. The van der Waals surface area contributed by atoms with Crippen molar-refractivity contribution in [1.29, 1.82) is 0 Å². The minimum absolute atomic E-state index is 0.159. The third-order valence-electron chi connectivity index (χ3n) is 5.27. The number of nitrogens with zero attached hydrogens (tertiary/aromatic N) is 1. The summed E-state index contributed by atoms with van der Waals surface area (Å²) in [6.07, 6.45) is 3.37. The van der Waals surface area contributed by atoms with Crippen LogP contribution in [0.1, 0.15) is 23.2 Å². The zero-order chi connectivity index (χ0) is 18.9. The Morgan fingerprint density at radius 1 is 1.04 bits per heavy atom. The molecule has 5 heteroatoms. The molecule has 0 aliphatic carbocycles. The van der Waals surface area contributed by atoms with Gasteiger partial charge in [0, 0.05) is 35.2 Å². The van der Waals surface area contributed by atoms with Crippen LogP contribution in [0.2, 0.25) is 0 Å². The van der Waals surface area contributed by atoms with Crippen molar-refractivity contribution in [1.82, 2.24) is 9.29 Å². The molecule has 0 spiro atoms. The summed E-state index contributed by atoms with van der Waals surface area (Å²) in [5.41, 5.74) is 5.79. The Kier molecular flexibility index (Phi) is 4.89. The van der Waals surface area contributed by atoms with Crippen molar-refractivity contribution in [3.63, 3.8) is 0 Å². The van der Waals surface area contributed by atoms with Gasteiger partial charge in [0.15, 0.2) is 0 Å². The molecule has 0 unspecified atom stereocenters. The van der Waals surface area contributed by atoms with E-state index in [9.17, 15) is 8.42 Å². The number of aromatic amines is 1. The minimum atomic E-state index is -3.25. The third-order valence-corrected chi connectivity index (χ3v) is 7.11. The fourth-order valence-electron chi connectivity index (χ4n) is 3.84. The van der Waals surface area contributed by atoms with Crippen molar-refractivity contribution in [3.05, 3.63) is 77.5 Å². The molecular weight excluding hydrogens is 356 g/mol. The molecule has 0 bridgehead atoms. The number of nitrogens with one attached hydrogen (secondary N) is 1. The van der Waals surface area contributed by atoms with Crippen molar-refractivity contribution in [2.45, 2.75) is 19.8 Å². The van der Waals surface area contributed by atoms with E-state index >= 15 is 0 Å². The van der Waals surface area contributed by atoms with Gasteiger partial charge in [0.05, 0.1) is 5.75 Å². The Bertz CT molecular complexity index is 1080. The average Bonchev–Trinajstić information content (AvgIpc) is 3.03. The second-order valence-electron chi connectivity index (χ2n) is 7.06. The SMILES string of the molecule is Cc1[nH]c2ccccc2c1C1=CCN(S(=O)(=O)CCc2ccccc2)CC1. The molecule has 4 nitrogen and oxygen atoms in total. The molecule has 0 saturated heterocycles. The van der Waals surface area contributed by atoms with Crippen LogP contribution >= 0.6 is 0 Å². The molecule has 27 heavy (non-hydrogen) atoms. The van der Waals surface area contributed by atoms with E-state index in [1.807, 2.05) is 42.5 Å². The van der Waals surface area contributed by atoms with Gasteiger partial charge in [-0.15, -0.1) is 0 Å². The molecule has 0 atom stereocenters. The number of para-hydroxylation sites is 1. The maximum absolute atomic E-state index is 12.7. The summed E-state index contributed by atoms with van der Waals surface area (Å²) in [5, 5.41) is 1.21. The maximum atomic E-state index is 12.7. The van der Waals surface area contributed by atoms with E-state index in [2.05, 4.69) is 30.1 Å². The Hall–Kier alpha value is -2.37. The van der Waals surface area contributed by atoms with Crippen molar-refractivity contribution in [2.75, 3.05) is 18.8 Å². The highest BCUT2D eigenvalue weighted by Gasteiger charge is 2.25. The summed E-state index contributed by atoms with van der Waals surface area (Å²) in [4.78, 5) is 3.43. The number of H-pyrrole nitrogens is 1. The Morgan fingerprint density at radius 2 is 1.78 bits per heavy atom. The summed E-state index contributed by atoms with van der Waals surface area (Å²) >= 11 is 0. The van der Waals surface area contributed by atoms with E-state index in [-0.39, 0.29) is 5.75 Å². The van der Waals surface area contributed by atoms with Crippen LogP contribution in [-0.4, -0.2) is 36.5 Å². The first-order valence-corrected chi connectivity index (χ1v) is 10.9. The zero-order valence-electron chi connectivity index (χ0n) is 15.5. The van der Waals surface area contributed by atoms with Gasteiger partial charge in [-0.2, -0.15) is 4.31 Å². The lowest BCUT2D eigenvalue weighted by atomic mass is 9.97. The fourth-order valence-corrected chi connectivity index (χ4v) is 5.26. The largest absolute Gasteiger partial charge is 0.358 e. The average molecular weight is 381 g/mol. The molecule has 1 N–H and O–H groups in total. The molecule has 4 rings (SSSR count). The molecule has 1 aliphatic heterocycles. The first-order valence-electron chi connectivity index (χ1n) is 9.33. The number of fused-ring (bicyclic) bond motifs is 1. The van der Waals surface area contributed by atoms with Crippen LogP contribution in [0, 0.1) is 6.92 Å². The lowest BCUT2D eigenvalue weighted by molar-refractivity contribution is 0.441. The van der Waals surface area contributed by atoms with Crippen molar-refractivity contribution >= 4 is 26.5 Å². The van der Waals surface area contributed by atoms with Gasteiger partial charge in [-0.1, -0.05) is 54.6 Å². The molecule has 0 fully saturated rings. The first-order chi connectivity index (χ1) is 13.0. The van der Waals surface area contributed by atoms with Crippen LogP contribution < -0.4 is 0 Å². The van der Waals surface area contributed by atoms with Gasteiger partial charge in [0.25, 0.3) is 0 Å². The highest BCUT2D eigenvalue weighted by molar-refractivity contribution is 7.89. The molecule has 1 aromatic heterocycles. The molecule has 2 heterocycles. The van der Waals surface area contributed by atoms with Crippen LogP contribution in [0.5, 0.6) is 0 Å². The standard InChI is InChI=1S/C22H24N2O2S/c1-17-22(20-9-5-6-10-21(20)23-17)19-11-14-24(15-12-19)27(25,26)16-13-18-7-3-2-4-8-18/h2-11,23H,12-16H2,1H3. The highest BCUT2D eigenvalue weighted by Crippen LogP contribution is 2.32. The van der Waals surface area contributed by atoms with E-state index in [4.69, 9.17) is 0 Å². The van der Waals surface area contributed by atoms with Crippen LogP contribution in [0.15, 0.2) is 60.7 Å². The fraction of sp³-hybridized carbons (Fsp3) is 0.273. The molecular formula is C22H24N2O2S. The van der Waals surface area contributed by atoms with E-state index in [0.29, 0.717) is 19.5 Å². The van der Waals surface area contributed by atoms with E-state index in [0.717, 1.165) is 23.2 Å². The van der Waals surface area contributed by atoms with E-state index in [1.54, 1.807) is 4.31 Å². The molecule has 1 aliphatic rings. The number of aryl methyl sites for hydroxylation is 2. The minimum Gasteiger partial charge on any atom is -0.358 e. The van der Waals surface area contributed by atoms with Gasteiger partial charge < -0.3 is 4.98 Å². The van der Waals surface area contributed by atoms with E-state index < -0.39 is 10.0 Å². The van der Waals surface area contributed by atoms with Gasteiger partial charge in [-0.05, 0) is 37.0 Å². The van der Waals surface area contributed by atoms with Crippen LogP contribution in [-0.2, 0) is 16.4 Å². The third kappa shape index (κ3) is 3.70. The lowest BCUT2D eigenvalue weighted by Crippen LogP contribution is -2.36. The number of hydrogen-bond acceptors (Lipinski definition) is 2. The van der Waals surface area contributed by atoms with Crippen LogP contribution in [0.25, 0.3) is 16.5 Å². The monoisotopic (exact) mass is 380 g/mol. The number of benzene rings is 2. The highest BCUT2D eigenvalue weighted by atomic mass is 32.2. The van der Waals surface area contributed by atoms with E-state index in [1.165, 1.54) is 16.5 Å². The van der Waals surface area contributed by atoms with Crippen molar-refractivity contribution in [2.24, 2.45) is 0 Å². The predicted molar refractivity (Wildman–Crippen MR) is 111 cm³/mol. The van der Waals surface area contributed by atoms with Crippen molar-refractivity contribution < 1.29 is 8.42 Å². The lowest BCUT2D eigenvalue weighted by Gasteiger charge is -2.26. The Morgan fingerprint density at radius 3 is 2.52 bits per heavy atom.